The van der Waals surface area contributed by atoms with E-state index in [4.69, 9.17) is 9.47 Å². The SMILES string of the molecule is C[C@@H]1CN(Cc2ccc(CNC(=O)C3CCOCC3)cc2)C[C@H](C)O1. The molecule has 0 aromatic heterocycles. The number of hydrogen-bond donors (Lipinski definition) is 1. The molecule has 5 nitrogen and oxygen atoms in total. The van der Waals surface area contributed by atoms with Gasteiger partial charge in [-0.2, -0.15) is 0 Å². The molecule has 1 aromatic carbocycles. The second kappa shape index (κ2) is 8.79. The summed E-state index contributed by atoms with van der Waals surface area (Å²) in [5, 5.41) is 3.06. The predicted molar refractivity (Wildman–Crippen MR) is 97.1 cm³/mol. The van der Waals surface area contributed by atoms with Gasteiger partial charge in [-0.1, -0.05) is 24.3 Å². The van der Waals surface area contributed by atoms with Crippen LogP contribution in [0.2, 0.25) is 0 Å². The first-order valence-corrected chi connectivity index (χ1v) is 9.41. The van der Waals surface area contributed by atoms with E-state index < -0.39 is 0 Å². The van der Waals surface area contributed by atoms with Crippen molar-refractivity contribution in [2.24, 2.45) is 5.92 Å². The number of nitrogens with zero attached hydrogens (tertiary/aromatic N) is 1. The molecular formula is C20H30N2O3. The highest BCUT2D eigenvalue weighted by atomic mass is 16.5. The Labute approximate surface area is 150 Å². The molecule has 138 valence electrons. The molecule has 0 bridgehead atoms. The number of ether oxygens (including phenoxy) is 2. The van der Waals surface area contributed by atoms with Crippen molar-refractivity contribution in [3.8, 4) is 0 Å². The second-order valence-electron chi connectivity index (χ2n) is 7.37. The Morgan fingerprint density at radius 1 is 1.08 bits per heavy atom. The third kappa shape index (κ3) is 5.53. The summed E-state index contributed by atoms with van der Waals surface area (Å²) in [7, 11) is 0. The van der Waals surface area contributed by atoms with Crippen LogP contribution in [0.1, 0.15) is 37.8 Å². The molecule has 0 spiro atoms. The fourth-order valence-corrected chi connectivity index (χ4v) is 3.73. The third-order valence-corrected chi connectivity index (χ3v) is 4.98. The van der Waals surface area contributed by atoms with E-state index >= 15 is 0 Å². The minimum absolute atomic E-state index is 0.110. The van der Waals surface area contributed by atoms with Crippen molar-refractivity contribution in [2.75, 3.05) is 26.3 Å². The maximum absolute atomic E-state index is 12.2. The first-order chi connectivity index (χ1) is 12.1. The topological polar surface area (TPSA) is 50.8 Å². The van der Waals surface area contributed by atoms with Crippen molar-refractivity contribution in [3.05, 3.63) is 35.4 Å². The molecule has 2 fully saturated rings. The van der Waals surface area contributed by atoms with Gasteiger partial charge in [0.05, 0.1) is 12.2 Å². The maximum atomic E-state index is 12.2. The molecule has 5 heteroatoms. The monoisotopic (exact) mass is 346 g/mol. The first kappa shape index (κ1) is 18.4. The highest BCUT2D eigenvalue weighted by molar-refractivity contribution is 5.78. The summed E-state index contributed by atoms with van der Waals surface area (Å²) >= 11 is 0. The molecule has 2 heterocycles. The van der Waals surface area contributed by atoms with Gasteiger partial charge in [0.25, 0.3) is 0 Å². The van der Waals surface area contributed by atoms with Crippen LogP contribution in [0.4, 0.5) is 0 Å². The Hall–Kier alpha value is -1.43. The molecule has 0 unspecified atom stereocenters. The van der Waals surface area contributed by atoms with Gasteiger partial charge in [-0.15, -0.1) is 0 Å². The summed E-state index contributed by atoms with van der Waals surface area (Å²) in [6.07, 6.45) is 2.26. The Balaban J connectivity index is 1.46. The number of morpholine rings is 1. The van der Waals surface area contributed by atoms with E-state index in [1.165, 1.54) is 5.56 Å². The fraction of sp³-hybridized carbons (Fsp3) is 0.650. The van der Waals surface area contributed by atoms with Crippen LogP contribution >= 0.6 is 0 Å². The number of rotatable bonds is 5. The van der Waals surface area contributed by atoms with Crippen molar-refractivity contribution >= 4 is 5.91 Å². The summed E-state index contributed by atoms with van der Waals surface area (Å²) in [5.74, 6) is 0.266. The Morgan fingerprint density at radius 3 is 2.32 bits per heavy atom. The highest BCUT2D eigenvalue weighted by Gasteiger charge is 2.22. The molecule has 1 N–H and O–H groups in total. The third-order valence-electron chi connectivity index (χ3n) is 4.98. The molecule has 1 aromatic rings. The van der Waals surface area contributed by atoms with Crippen molar-refractivity contribution in [2.45, 2.75) is 52.0 Å². The average molecular weight is 346 g/mol. The summed E-state index contributed by atoms with van der Waals surface area (Å²) in [4.78, 5) is 14.6. The number of nitrogens with one attached hydrogen (secondary N) is 1. The van der Waals surface area contributed by atoms with Crippen molar-refractivity contribution in [1.29, 1.82) is 0 Å². The zero-order valence-electron chi connectivity index (χ0n) is 15.4. The van der Waals surface area contributed by atoms with Crippen LogP contribution in [0.15, 0.2) is 24.3 Å². The van der Waals surface area contributed by atoms with Gasteiger partial charge in [0.15, 0.2) is 0 Å². The van der Waals surface area contributed by atoms with Crippen molar-refractivity contribution in [3.63, 3.8) is 0 Å². The molecule has 25 heavy (non-hydrogen) atoms. The Bertz CT molecular complexity index is 545. The first-order valence-electron chi connectivity index (χ1n) is 9.41. The minimum atomic E-state index is 0.110. The number of benzene rings is 1. The van der Waals surface area contributed by atoms with E-state index in [1.54, 1.807) is 0 Å². The van der Waals surface area contributed by atoms with Gasteiger partial charge in [0, 0.05) is 45.3 Å². The molecule has 2 saturated heterocycles. The smallest absolute Gasteiger partial charge is 0.223 e. The molecule has 0 saturated carbocycles. The van der Waals surface area contributed by atoms with E-state index in [2.05, 4.69) is 48.3 Å². The van der Waals surface area contributed by atoms with Gasteiger partial charge >= 0.3 is 0 Å². The van der Waals surface area contributed by atoms with Crippen LogP contribution in [0.3, 0.4) is 0 Å². The maximum Gasteiger partial charge on any atom is 0.223 e. The summed E-state index contributed by atoms with van der Waals surface area (Å²) < 4.78 is 11.1. The quantitative estimate of drug-likeness (QED) is 0.889. The van der Waals surface area contributed by atoms with Gasteiger partial charge in [-0.3, -0.25) is 9.69 Å². The zero-order valence-corrected chi connectivity index (χ0v) is 15.4. The molecule has 0 radical (unpaired) electrons. The molecule has 2 atom stereocenters. The lowest BCUT2D eigenvalue weighted by atomic mass is 9.99. The molecule has 2 aliphatic rings. The van der Waals surface area contributed by atoms with E-state index in [1.807, 2.05) is 0 Å². The van der Waals surface area contributed by atoms with E-state index in [0.29, 0.717) is 32.0 Å². The van der Waals surface area contributed by atoms with E-state index in [0.717, 1.165) is 38.0 Å². The fourth-order valence-electron chi connectivity index (χ4n) is 3.73. The van der Waals surface area contributed by atoms with Gasteiger partial charge in [-0.05, 0) is 37.8 Å². The largest absolute Gasteiger partial charge is 0.381 e. The van der Waals surface area contributed by atoms with Crippen LogP contribution in [-0.4, -0.2) is 49.3 Å². The highest BCUT2D eigenvalue weighted by Crippen LogP contribution is 2.16. The number of carbonyl (C=O) groups excluding carboxylic acids is 1. The standard InChI is InChI=1S/C20H30N2O3/c1-15-12-22(13-16(2)25-15)14-18-5-3-17(4-6-18)11-21-20(23)19-7-9-24-10-8-19/h3-6,15-16,19H,7-14H2,1-2H3,(H,21,23)/t15-,16+. The van der Waals surface area contributed by atoms with E-state index in [9.17, 15) is 4.79 Å². The van der Waals surface area contributed by atoms with Crippen molar-refractivity contribution in [1.82, 2.24) is 10.2 Å². The molecule has 3 rings (SSSR count). The number of amides is 1. The summed E-state index contributed by atoms with van der Waals surface area (Å²) in [6.45, 7) is 9.17. The number of hydrogen-bond acceptors (Lipinski definition) is 4. The lowest BCUT2D eigenvalue weighted by Crippen LogP contribution is -2.44. The zero-order chi connectivity index (χ0) is 17.6. The van der Waals surface area contributed by atoms with Crippen molar-refractivity contribution < 1.29 is 14.3 Å². The average Bonchev–Trinajstić information content (AvgIpc) is 2.61. The lowest BCUT2D eigenvalue weighted by molar-refractivity contribution is -0.128. The minimum Gasteiger partial charge on any atom is -0.381 e. The summed E-state index contributed by atoms with van der Waals surface area (Å²) in [6, 6.07) is 8.57. The van der Waals surface area contributed by atoms with Gasteiger partial charge in [0.2, 0.25) is 5.91 Å². The predicted octanol–water partition coefficient (Wildman–Crippen LogP) is 2.34. The lowest BCUT2D eigenvalue weighted by Gasteiger charge is -2.35. The second-order valence-corrected chi connectivity index (χ2v) is 7.37. The van der Waals surface area contributed by atoms with E-state index in [-0.39, 0.29) is 11.8 Å². The van der Waals surface area contributed by atoms with Gasteiger partial charge < -0.3 is 14.8 Å². The molecule has 1 amide bonds. The van der Waals surface area contributed by atoms with Gasteiger partial charge in [-0.25, -0.2) is 0 Å². The molecular weight excluding hydrogens is 316 g/mol. The van der Waals surface area contributed by atoms with Crippen LogP contribution in [-0.2, 0) is 27.4 Å². The van der Waals surface area contributed by atoms with Crippen LogP contribution in [0.25, 0.3) is 0 Å². The Morgan fingerprint density at radius 2 is 1.68 bits per heavy atom. The van der Waals surface area contributed by atoms with Crippen LogP contribution in [0, 0.1) is 5.92 Å². The number of carbonyl (C=O) groups is 1. The molecule has 2 aliphatic heterocycles. The molecule has 0 aliphatic carbocycles. The summed E-state index contributed by atoms with van der Waals surface area (Å²) in [5.41, 5.74) is 2.45. The van der Waals surface area contributed by atoms with Crippen LogP contribution in [0.5, 0.6) is 0 Å². The normalized spacial score (nSPS) is 25.7. The van der Waals surface area contributed by atoms with Crippen LogP contribution < -0.4 is 5.32 Å². The Kier molecular flexibility index (Phi) is 6.45. The van der Waals surface area contributed by atoms with Gasteiger partial charge in [0.1, 0.15) is 0 Å².